The van der Waals surface area contributed by atoms with Crippen molar-refractivity contribution in [3.8, 4) is 0 Å². The van der Waals surface area contributed by atoms with Crippen molar-refractivity contribution in [3.63, 3.8) is 0 Å². The van der Waals surface area contributed by atoms with E-state index in [1.807, 2.05) is 0 Å². The molecule has 2 nitrogen and oxygen atoms in total. The maximum Gasteiger partial charge on any atom is 0.314 e. The van der Waals surface area contributed by atoms with E-state index in [9.17, 15) is 13.6 Å². The topological polar surface area (TPSA) is 37.3 Å². The first-order chi connectivity index (χ1) is 7.43. The third kappa shape index (κ3) is 1.96. The molecular weight excluding hydrogens is 214 g/mol. The van der Waals surface area contributed by atoms with Gasteiger partial charge in [0.15, 0.2) is 11.6 Å². The van der Waals surface area contributed by atoms with Crippen LogP contribution in [-0.4, -0.2) is 11.1 Å². The minimum absolute atomic E-state index is 0.0305. The summed E-state index contributed by atoms with van der Waals surface area (Å²) in [6.45, 7) is 4.77. The summed E-state index contributed by atoms with van der Waals surface area (Å²) in [7, 11) is 0. The molecule has 0 aliphatic rings. The molecule has 1 rings (SSSR count). The maximum atomic E-state index is 13.5. The van der Waals surface area contributed by atoms with Gasteiger partial charge in [0.2, 0.25) is 0 Å². The van der Waals surface area contributed by atoms with E-state index in [1.165, 1.54) is 25.1 Å². The Hall–Kier alpha value is -1.71. The van der Waals surface area contributed by atoms with Gasteiger partial charge in [0.1, 0.15) is 0 Å². The second-order valence-electron chi connectivity index (χ2n) is 3.73. The monoisotopic (exact) mass is 226 g/mol. The van der Waals surface area contributed by atoms with Crippen LogP contribution in [0.15, 0.2) is 30.9 Å². The average Bonchev–Trinajstić information content (AvgIpc) is 2.22. The van der Waals surface area contributed by atoms with E-state index in [2.05, 4.69) is 6.58 Å². The Balaban J connectivity index is 3.37. The van der Waals surface area contributed by atoms with Crippen molar-refractivity contribution in [2.24, 2.45) is 0 Å². The molecule has 0 aromatic heterocycles. The molecule has 16 heavy (non-hydrogen) atoms. The van der Waals surface area contributed by atoms with Crippen molar-refractivity contribution in [3.05, 3.63) is 48.1 Å². The van der Waals surface area contributed by atoms with Crippen molar-refractivity contribution in [2.45, 2.75) is 18.8 Å². The lowest BCUT2D eigenvalue weighted by molar-refractivity contribution is -0.143. The molecule has 0 spiro atoms. The average molecular weight is 226 g/mol. The first-order valence-corrected chi connectivity index (χ1v) is 4.72. The molecule has 1 N–H and O–H groups in total. The summed E-state index contributed by atoms with van der Waals surface area (Å²) in [6, 6.07) is 3.52. The van der Waals surface area contributed by atoms with E-state index in [1.54, 1.807) is 0 Å². The van der Waals surface area contributed by atoms with Crippen LogP contribution < -0.4 is 0 Å². The molecule has 0 fully saturated rings. The van der Waals surface area contributed by atoms with Crippen molar-refractivity contribution >= 4 is 5.97 Å². The van der Waals surface area contributed by atoms with Gasteiger partial charge in [-0.05, 0) is 19.4 Å². The van der Waals surface area contributed by atoms with Crippen LogP contribution in [0.5, 0.6) is 0 Å². The van der Waals surface area contributed by atoms with Gasteiger partial charge in [0.05, 0.1) is 5.41 Å². The number of carboxylic acids is 1. The zero-order chi connectivity index (χ0) is 12.3. The van der Waals surface area contributed by atoms with Crippen LogP contribution in [0.2, 0.25) is 0 Å². The van der Waals surface area contributed by atoms with Gasteiger partial charge in [-0.15, -0.1) is 6.58 Å². The van der Waals surface area contributed by atoms with Crippen LogP contribution >= 0.6 is 0 Å². The Morgan fingerprint density at radius 3 is 2.69 bits per heavy atom. The number of aliphatic carboxylic acids is 1. The lowest BCUT2D eigenvalue weighted by atomic mass is 9.79. The van der Waals surface area contributed by atoms with Crippen LogP contribution in [0.4, 0.5) is 8.78 Å². The number of carbonyl (C=O) groups is 1. The van der Waals surface area contributed by atoms with Crippen LogP contribution in [0.25, 0.3) is 0 Å². The van der Waals surface area contributed by atoms with Crippen molar-refractivity contribution in [2.75, 3.05) is 0 Å². The second-order valence-corrected chi connectivity index (χ2v) is 3.73. The zero-order valence-electron chi connectivity index (χ0n) is 8.84. The lowest BCUT2D eigenvalue weighted by Crippen LogP contribution is -2.33. The number of hydrogen-bond acceptors (Lipinski definition) is 1. The highest BCUT2D eigenvalue weighted by Crippen LogP contribution is 2.31. The van der Waals surface area contributed by atoms with Gasteiger partial charge in [0.25, 0.3) is 0 Å². The third-order valence-corrected chi connectivity index (χ3v) is 2.57. The predicted octanol–water partition coefficient (Wildman–Crippen LogP) is 2.88. The largest absolute Gasteiger partial charge is 0.481 e. The summed E-state index contributed by atoms with van der Waals surface area (Å²) in [4.78, 5) is 11.1. The van der Waals surface area contributed by atoms with E-state index in [-0.39, 0.29) is 12.0 Å². The molecule has 0 amide bonds. The molecule has 0 radical (unpaired) electrons. The fourth-order valence-electron chi connectivity index (χ4n) is 1.53. The fraction of sp³-hybridized carbons (Fsp3) is 0.250. The Kier molecular flexibility index (Phi) is 3.42. The molecule has 1 atom stereocenters. The molecule has 1 unspecified atom stereocenters. The molecular formula is C12H12F2O2. The summed E-state index contributed by atoms with van der Waals surface area (Å²) < 4.78 is 26.5. The van der Waals surface area contributed by atoms with Crippen LogP contribution in [0.3, 0.4) is 0 Å². The Labute approximate surface area is 92.2 Å². The fourth-order valence-corrected chi connectivity index (χ4v) is 1.53. The van der Waals surface area contributed by atoms with E-state index in [4.69, 9.17) is 5.11 Å². The highest BCUT2D eigenvalue weighted by atomic mass is 19.2. The number of carboxylic acid groups (broad SMARTS) is 1. The molecule has 0 aliphatic heterocycles. The number of halogens is 2. The van der Waals surface area contributed by atoms with Gasteiger partial charge in [-0.2, -0.15) is 0 Å². The third-order valence-electron chi connectivity index (χ3n) is 2.57. The predicted molar refractivity (Wildman–Crippen MR) is 56.2 cm³/mol. The Bertz CT molecular complexity index is 429. The quantitative estimate of drug-likeness (QED) is 0.801. The van der Waals surface area contributed by atoms with E-state index in [0.29, 0.717) is 0 Å². The first-order valence-electron chi connectivity index (χ1n) is 4.72. The van der Waals surface area contributed by atoms with Crippen molar-refractivity contribution < 1.29 is 18.7 Å². The summed E-state index contributed by atoms with van der Waals surface area (Å²) in [5.74, 6) is -3.37. The maximum absolute atomic E-state index is 13.5. The van der Waals surface area contributed by atoms with Crippen LogP contribution in [-0.2, 0) is 10.2 Å². The number of rotatable bonds is 4. The SMILES string of the molecule is C=CCC(C)(C(=O)O)c1cccc(F)c1F. The molecule has 4 heteroatoms. The minimum Gasteiger partial charge on any atom is -0.481 e. The molecule has 0 aliphatic carbocycles. The molecule has 1 aromatic rings. The highest BCUT2D eigenvalue weighted by Gasteiger charge is 2.37. The van der Waals surface area contributed by atoms with E-state index >= 15 is 0 Å². The Morgan fingerprint density at radius 1 is 1.56 bits per heavy atom. The number of hydrogen-bond donors (Lipinski definition) is 1. The van der Waals surface area contributed by atoms with Crippen molar-refractivity contribution in [1.82, 2.24) is 0 Å². The summed E-state index contributed by atoms with van der Waals surface area (Å²) in [5.41, 5.74) is -1.66. The van der Waals surface area contributed by atoms with E-state index in [0.717, 1.165) is 6.07 Å². The molecule has 0 saturated carbocycles. The Morgan fingerprint density at radius 2 is 2.19 bits per heavy atom. The van der Waals surface area contributed by atoms with Gasteiger partial charge in [-0.25, -0.2) is 8.78 Å². The normalized spacial score (nSPS) is 14.2. The van der Waals surface area contributed by atoms with Crippen LogP contribution in [0, 0.1) is 11.6 Å². The van der Waals surface area contributed by atoms with E-state index < -0.39 is 23.0 Å². The van der Waals surface area contributed by atoms with Gasteiger partial charge in [-0.3, -0.25) is 4.79 Å². The molecule has 0 bridgehead atoms. The zero-order valence-corrected chi connectivity index (χ0v) is 8.84. The summed E-state index contributed by atoms with van der Waals surface area (Å²) in [6.07, 6.45) is 1.40. The highest BCUT2D eigenvalue weighted by molar-refractivity contribution is 5.81. The standard InChI is InChI=1S/C12H12F2O2/c1-3-7-12(2,11(15)16)8-5-4-6-9(13)10(8)14/h3-6H,1,7H2,2H3,(H,15,16). The molecule has 0 heterocycles. The van der Waals surface area contributed by atoms with Gasteiger partial charge in [0, 0.05) is 5.56 Å². The van der Waals surface area contributed by atoms with Gasteiger partial charge >= 0.3 is 5.97 Å². The molecule has 1 aromatic carbocycles. The molecule has 0 saturated heterocycles. The second kappa shape index (κ2) is 4.43. The van der Waals surface area contributed by atoms with Crippen molar-refractivity contribution in [1.29, 1.82) is 0 Å². The summed E-state index contributed by atoms with van der Waals surface area (Å²) in [5, 5.41) is 9.10. The lowest BCUT2D eigenvalue weighted by Gasteiger charge is -2.24. The molecule has 86 valence electrons. The van der Waals surface area contributed by atoms with Crippen LogP contribution in [0.1, 0.15) is 18.9 Å². The van der Waals surface area contributed by atoms with Gasteiger partial charge < -0.3 is 5.11 Å². The number of allylic oxidation sites excluding steroid dienone is 1. The smallest absolute Gasteiger partial charge is 0.314 e. The first kappa shape index (κ1) is 12.4. The minimum atomic E-state index is -1.49. The number of benzene rings is 1. The van der Waals surface area contributed by atoms with Gasteiger partial charge in [-0.1, -0.05) is 18.2 Å². The summed E-state index contributed by atoms with van der Waals surface area (Å²) >= 11 is 0.